The maximum absolute atomic E-state index is 13.1. The van der Waals surface area contributed by atoms with E-state index in [-0.39, 0.29) is 29.3 Å². The third kappa shape index (κ3) is 5.92. The molecule has 0 aliphatic carbocycles. The van der Waals surface area contributed by atoms with Crippen LogP contribution >= 0.6 is 0 Å². The van der Waals surface area contributed by atoms with Gasteiger partial charge in [-0.25, -0.2) is 4.79 Å². The van der Waals surface area contributed by atoms with Crippen molar-refractivity contribution >= 4 is 20.2 Å². The number of carbonyl (C=O) groups is 2. The molecule has 1 atom stereocenters. The molecule has 0 bridgehead atoms. The average molecular weight is 461 g/mol. The highest BCUT2D eigenvalue weighted by atomic mass is 28.4. The molecule has 0 amide bonds. The molecular weight excluding hydrogens is 428 g/mol. The molecule has 0 spiro atoms. The minimum absolute atomic E-state index is 0.0451. The van der Waals surface area contributed by atoms with Crippen molar-refractivity contribution in [3.05, 3.63) is 68.5 Å². The van der Waals surface area contributed by atoms with E-state index in [1.165, 1.54) is 36.7 Å². The van der Waals surface area contributed by atoms with Gasteiger partial charge in [0.1, 0.15) is 6.10 Å². The summed E-state index contributed by atoms with van der Waals surface area (Å²) in [5.74, 6) is -1.22. The van der Waals surface area contributed by atoms with Gasteiger partial charge in [0.25, 0.3) is 11.5 Å². The van der Waals surface area contributed by atoms with Crippen molar-refractivity contribution in [2.24, 2.45) is 0 Å². The number of carbonyl (C=O) groups excluding carboxylic acids is 2. The van der Waals surface area contributed by atoms with E-state index in [1.807, 2.05) is 0 Å². The summed E-state index contributed by atoms with van der Waals surface area (Å²) in [6.07, 6.45) is 0.624. The molecule has 0 saturated heterocycles. The largest absolute Gasteiger partial charge is 0.458 e. The Morgan fingerprint density at radius 1 is 1.09 bits per heavy atom. The van der Waals surface area contributed by atoms with Crippen LogP contribution in [0.15, 0.2) is 46.1 Å². The molecular formula is C23H32N2O6Si. The Morgan fingerprint density at radius 2 is 1.69 bits per heavy atom. The molecule has 0 radical (unpaired) electrons. The van der Waals surface area contributed by atoms with E-state index in [0.717, 1.165) is 0 Å². The van der Waals surface area contributed by atoms with Gasteiger partial charge < -0.3 is 9.16 Å². The van der Waals surface area contributed by atoms with E-state index in [1.54, 1.807) is 18.2 Å². The summed E-state index contributed by atoms with van der Waals surface area (Å²) >= 11 is 0. The normalized spacial score (nSPS) is 13.0. The lowest BCUT2D eigenvalue weighted by atomic mass is 10.2. The predicted molar refractivity (Wildman–Crippen MR) is 125 cm³/mol. The molecule has 1 unspecified atom stereocenters. The standard InChI is InChI=1S/C23H32N2O6Si/c1-16-13-24(14-19(31-17(2)26)15-30-32(6,7)23(3,4)5)22(29)25(20(16)27)21(28)18-11-9-8-10-12-18/h8-13,19H,14-15H2,1-7H3. The summed E-state index contributed by atoms with van der Waals surface area (Å²) in [5, 5.41) is -0.0451. The van der Waals surface area contributed by atoms with Crippen molar-refractivity contribution in [1.29, 1.82) is 0 Å². The second kappa shape index (κ2) is 9.79. The number of aromatic nitrogens is 2. The molecule has 0 aliphatic rings. The monoisotopic (exact) mass is 460 g/mol. The fraction of sp³-hybridized carbons (Fsp3) is 0.478. The summed E-state index contributed by atoms with van der Waals surface area (Å²) in [6.45, 7) is 13.3. The Kier molecular flexibility index (Phi) is 7.79. The Hall–Kier alpha value is -2.78. The van der Waals surface area contributed by atoms with Gasteiger partial charge in [-0.15, -0.1) is 0 Å². The van der Waals surface area contributed by atoms with E-state index in [2.05, 4.69) is 33.9 Å². The highest BCUT2D eigenvalue weighted by molar-refractivity contribution is 6.74. The van der Waals surface area contributed by atoms with E-state index in [9.17, 15) is 19.2 Å². The number of hydrogen-bond acceptors (Lipinski definition) is 6. The van der Waals surface area contributed by atoms with Crippen LogP contribution in [0.5, 0.6) is 0 Å². The van der Waals surface area contributed by atoms with Crippen molar-refractivity contribution < 1.29 is 18.8 Å². The quantitative estimate of drug-likeness (QED) is 0.466. The summed E-state index contributed by atoms with van der Waals surface area (Å²) in [5.41, 5.74) is -1.02. The average Bonchev–Trinajstić information content (AvgIpc) is 2.69. The van der Waals surface area contributed by atoms with E-state index < -0.39 is 37.5 Å². The number of nitrogens with zero attached hydrogens (tertiary/aromatic N) is 2. The van der Waals surface area contributed by atoms with Crippen molar-refractivity contribution in [1.82, 2.24) is 9.13 Å². The zero-order chi connectivity index (χ0) is 24.3. The first-order valence-electron chi connectivity index (χ1n) is 10.5. The van der Waals surface area contributed by atoms with Crippen LogP contribution in [0, 0.1) is 6.92 Å². The van der Waals surface area contributed by atoms with Crippen molar-refractivity contribution in [3.63, 3.8) is 0 Å². The SMILES string of the molecule is CC(=O)OC(CO[Si](C)(C)C(C)(C)C)Cn1cc(C)c(=O)n(C(=O)c2ccccc2)c1=O. The number of benzene rings is 1. The third-order valence-electron chi connectivity index (χ3n) is 5.72. The second-order valence-corrected chi connectivity index (χ2v) is 14.2. The van der Waals surface area contributed by atoms with Crippen LogP contribution in [0.2, 0.25) is 18.1 Å². The van der Waals surface area contributed by atoms with Crippen LogP contribution in [0.3, 0.4) is 0 Å². The van der Waals surface area contributed by atoms with E-state index >= 15 is 0 Å². The Bertz CT molecular complexity index is 1100. The minimum Gasteiger partial charge on any atom is -0.458 e. The molecule has 174 valence electrons. The molecule has 32 heavy (non-hydrogen) atoms. The highest BCUT2D eigenvalue weighted by Gasteiger charge is 2.38. The van der Waals surface area contributed by atoms with Crippen LogP contribution in [-0.4, -0.2) is 42.0 Å². The Labute approximate surface area is 188 Å². The van der Waals surface area contributed by atoms with Gasteiger partial charge in [0.2, 0.25) is 0 Å². The lowest BCUT2D eigenvalue weighted by Crippen LogP contribution is -2.47. The number of ether oxygens (including phenoxy) is 1. The minimum atomic E-state index is -2.13. The number of esters is 1. The van der Waals surface area contributed by atoms with Crippen LogP contribution in [0.1, 0.15) is 43.6 Å². The predicted octanol–water partition coefficient (Wildman–Crippen LogP) is 2.96. The van der Waals surface area contributed by atoms with Gasteiger partial charge in [-0.3, -0.25) is 19.0 Å². The summed E-state index contributed by atoms with van der Waals surface area (Å²) in [4.78, 5) is 50.2. The summed E-state index contributed by atoms with van der Waals surface area (Å²) < 4.78 is 13.4. The third-order valence-corrected chi connectivity index (χ3v) is 10.2. The van der Waals surface area contributed by atoms with Crippen LogP contribution in [-0.2, 0) is 20.5 Å². The second-order valence-electron chi connectivity index (χ2n) is 9.36. The van der Waals surface area contributed by atoms with E-state index in [0.29, 0.717) is 4.57 Å². The van der Waals surface area contributed by atoms with Gasteiger partial charge in [-0.1, -0.05) is 39.0 Å². The molecule has 2 rings (SSSR count). The lowest BCUT2D eigenvalue weighted by Gasteiger charge is -2.37. The van der Waals surface area contributed by atoms with Gasteiger partial charge in [-0.2, -0.15) is 4.57 Å². The summed E-state index contributed by atoms with van der Waals surface area (Å²) in [6, 6.07) is 8.12. The number of rotatable bonds is 7. The molecule has 1 heterocycles. The van der Waals surface area contributed by atoms with E-state index in [4.69, 9.17) is 9.16 Å². The molecule has 0 fully saturated rings. The maximum Gasteiger partial charge on any atom is 0.338 e. The highest BCUT2D eigenvalue weighted by Crippen LogP contribution is 2.36. The van der Waals surface area contributed by atoms with Crippen molar-refractivity contribution in [2.45, 2.75) is 65.4 Å². The van der Waals surface area contributed by atoms with Crippen LogP contribution < -0.4 is 11.2 Å². The van der Waals surface area contributed by atoms with Gasteiger partial charge in [0, 0.05) is 24.2 Å². The Morgan fingerprint density at radius 3 is 2.22 bits per heavy atom. The first kappa shape index (κ1) is 25.5. The Balaban J connectivity index is 2.41. The topological polar surface area (TPSA) is 96.6 Å². The lowest BCUT2D eigenvalue weighted by molar-refractivity contribution is -0.148. The zero-order valence-electron chi connectivity index (χ0n) is 19.8. The van der Waals surface area contributed by atoms with Gasteiger partial charge >= 0.3 is 11.7 Å². The van der Waals surface area contributed by atoms with Crippen LogP contribution in [0.4, 0.5) is 0 Å². The molecule has 8 nitrogen and oxygen atoms in total. The van der Waals surface area contributed by atoms with Gasteiger partial charge in [-0.05, 0) is 37.2 Å². The van der Waals surface area contributed by atoms with Gasteiger partial charge in [0.05, 0.1) is 13.2 Å². The molecule has 0 aliphatic heterocycles. The molecule has 1 aromatic heterocycles. The van der Waals surface area contributed by atoms with Crippen molar-refractivity contribution in [2.75, 3.05) is 6.61 Å². The number of aryl methyl sites for hydroxylation is 1. The molecule has 2 aromatic rings. The molecule has 9 heteroatoms. The molecule has 0 saturated carbocycles. The van der Waals surface area contributed by atoms with Crippen molar-refractivity contribution in [3.8, 4) is 0 Å². The fourth-order valence-corrected chi connectivity index (χ4v) is 3.89. The molecule has 0 N–H and O–H groups in total. The van der Waals surface area contributed by atoms with Gasteiger partial charge in [0.15, 0.2) is 8.32 Å². The zero-order valence-corrected chi connectivity index (χ0v) is 20.8. The molecule has 1 aromatic carbocycles. The fourth-order valence-electron chi connectivity index (χ4n) is 2.85. The first-order valence-corrected chi connectivity index (χ1v) is 13.4. The maximum atomic E-state index is 13.1. The first-order chi connectivity index (χ1) is 14.7. The summed E-state index contributed by atoms with van der Waals surface area (Å²) in [7, 11) is -2.13. The number of hydrogen-bond donors (Lipinski definition) is 0. The smallest absolute Gasteiger partial charge is 0.338 e. The van der Waals surface area contributed by atoms with Crippen LogP contribution in [0.25, 0.3) is 0 Å².